The average molecular weight is 375 g/mol. The second-order valence-electron chi connectivity index (χ2n) is 6.97. The van der Waals surface area contributed by atoms with Gasteiger partial charge in [0.2, 0.25) is 6.79 Å². The lowest BCUT2D eigenvalue weighted by molar-refractivity contribution is -1.02. The summed E-state index contributed by atoms with van der Waals surface area (Å²) in [5.41, 5.74) is 1.19. The monoisotopic (exact) mass is 375 g/mol. The van der Waals surface area contributed by atoms with Gasteiger partial charge in [-0.1, -0.05) is 6.07 Å². The van der Waals surface area contributed by atoms with E-state index in [0.717, 1.165) is 42.6 Å². The Kier molecular flexibility index (Phi) is 5.10. The van der Waals surface area contributed by atoms with Crippen molar-refractivity contribution in [3.8, 4) is 11.5 Å². The third kappa shape index (κ3) is 3.70. The minimum absolute atomic E-state index is 0.00453. The molecule has 4 rings (SSSR count). The fourth-order valence-corrected chi connectivity index (χ4v) is 4.30. The normalized spacial score (nSPS) is 22.8. The van der Waals surface area contributed by atoms with Crippen LogP contribution in [0, 0.1) is 0 Å². The molecule has 7 heteroatoms. The van der Waals surface area contributed by atoms with Crippen LogP contribution in [0.5, 0.6) is 11.5 Å². The zero-order chi connectivity index (χ0) is 17.9. The van der Waals surface area contributed by atoms with Gasteiger partial charge in [0.15, 0.2) is 11.5 Å². The van der Waals surface area contributed by atoms with Crippen molar-refractivity contribution >= 4 is 17.2 Å². The van der Waals surface area contributed by atoms with Gasteiger partial charge < -0.3 is 24.6 Å². The number of amides is 1. The fourth-order valence-electron chi connectivity index (χ4n) is 3.66. The van der Waals surface area contributed by atoms with E-state index in [4.69, 9.17) is 9.47 Å². The molecule has 6 nitrogen and oxygen atoms in total. The Bertz CT molecular complexity index is 757. The first-order valence-electron chi connectivity index (χ1n) is 9.08. The van der Waals surface area contributed by atoms with Crippen molar-refractivity contribution in [2.24, 2.45) is 0 Å². The molecule has 0 spiro atoms. The first kappa shape index (κ1) is 17.3. The van der Waals surface area contributed by atoms with Crippen LogP contribution in [0.1, 0.15) is 21.3 Å². The number of likely N-dealkylation sites (N-methyl/N-ethyl adjacent to an activating group) is 1. The van der Waals surface area contributed by atoms with Crippen LogP contribution in [0.2, 0.25) is 0 Å². The predicted molar refractivity (Wildman–Crippen MR) is 99.3 cm³/mol. The van der Waals surface area contributed by atoms with Crippen molar-refractivity contribution in [1.82, 2.24) is 5.32 Å². The van der Waals surface area contributed by atoms with Crippen LogP contribution in [-0.2, 0) is 0 Å². The largest absolute Gasteiger partial charge is 0.454 e. The van der Waals surface area contributed by atoms with E-state index in [-0.39, 0.29) is 18.7 Å². The standard InChI is InChI=1S/C19H23N3O3S/c1-21-6-8-22(9-7-21)15(12-20-19(23)18-3-2-10-26-18)14-4-5-16-17(11-14)25-13-24-16/h2-5,10-11,15H,6-9,12-13H2,1H3,(H,20,23)/p+2/t15-/m1/s1. The van der Waals surface area contributed by atoms with Crippen molar-refractivity contribution in [2.75, 3.05) is 46.6 Å². The zero-order valence-electron chi connectivity index (χ0n) is 14.9. The zero-order valence-corrected chi connectivity index (χ0v) is 15.7. The maximum absolute atomic E-state index is 12.4. The van der Waals surface area contributed by atoms with Gasteiger partial charge in [0.25, 0.3) is 5.91 Å². The molecule has 0 saturated carbocycles. The summed E-state index contributed by atoms with van der Waals surface area (Å²) in [5.74, 6) is 1.61. The molecule has 2 aliphatic heterocycles. The summed E-state index contributed by atoms with van der Waals surface area (Å²) in [6.07, 6.45) is 0. The van der Waals surface area contributed by atoms with Gasteiger partial charge in [0, 0.05) is 5.56 Å². The summed E-state index contributed by atoms with van der Waals surface area (Å²) in [6.45, 7) is 5.39. The molecule has 1 amide bonds. The van der Waals surface area contributed by atoms with Crippen LogP contribution in [0.4, 0.5) is 0 Å². The minimum atomic E-state index is 0.00453. The van der Waals surface area contributed by atoms with E-state index >= 15 is 0 Å². The van der Waals surface area contributed by atoms with Gasteiger partial charge in [0.05, 0.1) is 18.5 Å². The van der Waals surface area contributed by atoms with Gasteiger partial charge >= 0.3 is 0 Å². The lowest BCUT2D eigenvalue weighted by atomic mass is 10.0. The van der Waals surface area contributed by atoms with Crippen molar-refractivity contribution in [3.63, 3.8) is 0 Å². The van der Waals surface area contributed by atoms with Crippen LogP contribution in [0.3, 0.4) is 0 Å². The Morgan fingerprint density at radius 1 is 1.19 bits per heavy atom. The molecule has 1 fully saturated rings. The fraction of sp³-hybridized carbons (Fsp3) is 0.421. The van der Waals surface area contributed by atoms with E-state index in [0.29, 0.717) is 6.54 Å². The molecule has 2 aliphatic rings. The van der Waals surface area contributed by atoms with Crippen molar-refractivity contribution < 1.29 is 24.1 Å². The van der Waals surface area contributed by atoms with E-state index < -0.39 is 0 Å². The highest BCUT2D eigenvalue weighted by Gasteiger charge is 2.31. The third-order valence-electron chi connectivity index (χ3n) is 5.25. The summed E-state index contributed by atoms with van der Waals surface area (Å²) >= 11 is 1.47. The Morgan fingerprint density at radius 3 is 2.77 bits per heavy atom. The Labute approximate surface area is 157 Å². The first-order chi connectivity index (χ1) is 12.7. The van der Waals surface area contributed by atoms with Gasteiger partial charge in [-0.25, -0.2) is 0 Å². The van der Waals surface area contributed by atoms with Crippen LogP contribution in [0.15, 0.2) is 35.7 Å². The smallest absolute Gasteiger partial charge is 0.261 e. The minimum Gasteiger partial charge on any atom is -0.454 e. The van der Waals surface area contributed by atoms with Crippen LogP contribution >= 0.6 is 11.3 Å². The Morgan fingerprint density at radius 2 is 2.00 bits per heavy atom. The lowest BCUT2D eigenvalue weighted by Crippen LogP contribution is -3.27. The molecule has 1 saturated heterocycles. The summed E-state index contributed by atoms with van der Waals surface area (Å²) in [4.78, 5) is 16.2. The molecule has 1 atom stereocenters. The molecule has 3 N–H and O–H groups in total. The highest BCUT2D eigenvalue weighted by atomic mass is 32.1. The molecule has 1 aromatic heterocycles. The number of carbonyl (C=O) groups is 1. The van der Waals surface area contributed by atoms with Crippen molar-refractivity contribution in [3.05, 3.63) is 46.2 Å². The van der Waals surface area contributed by atoms with Gasteiger partial charge in [0.1, 0.15) is 32.2 Å². The quantitative estimate of drug-likeness (QED) is 0.652. The molecule has 1 aromatic carbocycles. The maximum atomic E-state index is 12.4. The molecule has 138 valence electrons. The molecular weight excluding hydrogens is 350 g/mol. The topological polar surface area (TPSA) is 56.4 Å². The van der Waals surface area contributed by atoms with E-state index in [1.54, 1.807) is 4.90 Å². The first-order valence-corrected chi connectivity index (χ1v) is 9.96. The third-order valence-corrected chi connectivity index (χ3v) is 6.12. The van der Waals surface area contributed by atoms with Crippen LogP contribution in [0.25, 0.3) is 0 Å². The Hall–Kier alpha value is -2.09. The van der Waals surface area contributed by atoms with Crippen LogP contribution in [-0.4, -0.2) is 52.5 Å². The number of ether oxygens (including phenoxy) is 2. The SMILES string of the molecule is C[NH+]1CC[NH+]([C@H](CNC(=O)c2cccs2)c2ccc3c(c2)OCO3)CC1. The van der Waals surface area contributed by atoms with E-state index in [1.165, 1.54) is 21.8 Å². The van der Waals surface area contributed by atoms with Gasteiger partial charge in [-0.15, -0.1) is 11.3 Å². The summed E-state index contributed by atoms with van der Waals surface area (Å²) in [7, 11) is 2.24. The number of carbonyl (C=O) groups excluding carboxylic acids is 1. The molecular formula is C19H25N3O3S+2. The highest BCUT2D eigenvalue weighted by molar-refractivity contribution is 7.12. The molecule has 0 bridgehead atoms. The number of nitrogens with one attached hydrogen (secondary N) is 3. The van der Waals surface area contributed by atoms with E-state index in [2.05, 4.69) is 24.5 Å². The number of hydrogen-bond acceptors (Lipinski definition) is 4. The summed E-state index contributed by atoms with van der Waals surface area (Å²) in [6, 6.07) is 10.1. The maximum Gasteiger partial charge on any atom is 0.261 e. The molecule has 0 unspecified atom stereocenters. The number of benzene rings is 1. The number of hydrogen-bond donors (Lipinski definition) is 3. The lowest BCUT2D eigenvalue weighted by Gasteiger charge is -2.33. The van der Waals surface area contributed by atoms with Crippen molar-refractivity contribution in [1.29, 1.82) is 0 Å². The second-order valence-corrected chi connectivity index (χ2v) is 7.92. The molecule has 2 aromatic rings. The molecule has 0 radical (unpaired) electrons. The molecule has 0 aliphatic carbocycles. The number of rotatable bonds is 5. The molecule has 3 heterocycles. The van der Waals surface area contributed by atoms with E-state index in [9.17, 15) is 4.79 Å². The number of thiophene rings is 1. The second kappa shape index (κ2) is 7.65. The van der Waals surface area contributed by atoms with Gasteiger partial charge in [-0.3, -0.25) is 4.79 Å². The number of quaternary nitrogens is 2. The summed E-state index contributed by atoms with van der Waals surface area (Å²) in [5, 5.41) is 5.06. The van der Waals surface area contributed by atoms with Crippen LogP contribution < -0.4 is 24.6 Å². The Balaban J connectivity index is 1.52. The van der Waals surface area contributed by atoms with Gasteiger partial charge in [-0.05, 0) is 29.6 Å². The predicted octanol–water partition coefficient (Wildman–Crippen LogP) is -0.639. The average Bonchev–Trinajstić information content (AvgIpc) is 3.34. The van der Waals surface area contributed by atoms with Gasteiger partial charge in [-0.2, -0.15) is 0 Å². The van der Waals surface area contributed by atoms with Crippen molar-refractivity contribution in [2.45, 2.75) is 6.04 Å². The number of piperazine rings is 1. The molecule has 26 heavy (non-hydrogen) atoms. The van der Waals surface area contributed by atoms with E-state index in [1.807, 2.05) is 23.6 Å². The highest BCUT2D eigenvalue weighted by Crippen LogP contribution is 2.33. The summed E-state index contributed by atoms with van der Waals surface area (Å²) < 4.78 is 11.0. The number of fused-ring (bicyclic) bond motifs is 1.